The first kappa shape index (κ1) is 25.9. The number of aliphatic carboxylic acids is 1. The molecule has 184 valence electrons. The smallest absolute Gasteiger partial charge is 0.303 e. The Morgan fingerprint density at radius 2 is 1.91 bits per heavy atom. The number of nitrogens with one attached hydrogen (secondary N) is 1. The van der Waals surface area contributed by atoms with E-state index in [-0.39, 0.29) is 18.4 Å². The average Bonchev–Trinajstić information content (AvgIpc) is 3.46. The van der Waals surface area contributed by atoms with Crippen LogP contribution in [0.25, 0.3) is 11.0 Å². The molecule has 3 aromatic rings. The van der Waals surface area contributed by atoms with E-state index in [0.717, 1.165) is 49.0 Å². The lowest BCUT2D eigenvalue weighted by Gasteiger charge is -2.21. The van der Waals surface area contributed by atoms with Gasteiger partial charge in [0.2, 0.25) is 0 Å². The Bertz CT molecular complexity index is 1090. The normalized spacial score (nSPS) is 13.3. The van der Waals surface area contributed by atoms with E-state index in [1.54, 1.807) is 11.3 Å². The van der Waals surface area contributed by atoms with Crippen LogP contribution in [0.3, 0.4) is 0 Å². The minimum atomic E-state index is -0.838. The van der Waals surface area contributed by atoms with Crippen molar-refractivity contribution in [3.8, 4) is 0 Å². The molecular weight excluding hydrogens is 446 g/mol. The van der Waals surface area contributed by atoms with Gasteiger partial charge in [-0.3, -0.25) is 9.59 Å². The van der Waals surface area contributed by atoms with E-state index in [2.05, 4.69) is 55.1 Å². The molecule has 3 rings (SSSR count). The van der Waals surface area contributed by atoms with Gasteiger partial charge in [0, 0.05) is 35.4 Å². The summed E-state index contributed by atoms with van der Waals surface area (Å²) in [4.78, 5) is 30.4. The Morgan fingerprint density at radius 1 is 1.15 bits per heavy atom. The van der Waals surface area contributed by atoms with Gasteiger partial charge in [0.05, 0.1) is 11.0 Å². The number of hydrogen-bond acceptors (Lipinski definition) is 4. The van der Waals surface area contributed by atoms with Crippen molar-refractivity contribution in [2.24, 2.45) is 5.92 Å². The van der Waals surface area contributed by atoms with Crippen molar-refractivity contribution in [2.75, 3.05) is 0 Å². The van der Waals surface area contributed by atoms with Crippen LogP contribution in [-0.2, 0) is 11.2 Å². The number of hydrogen-bond donors (Lipinski definition) is 2. The average molecular weight is 484 g/mol. The van der Waals surface area contributed by atoms with Crippen LogP contribution in [0.1, 0.15) is 93.3 Å². The summed E-state index contributed by atoms with van der Waals surface area (Å²) in [5, 5.41) is 14.3. The third-order valence-electron chi connectivity index (χ3n) is 6.67. The number of thiophene rings is 1. The molecule has 1 aromatic carbocycles. The number of rotatable bonds is 13. The minimum absolute atomic E-state index is 0.0479. The summed E-state index contributed by atoms with van der Waals surface area (Å²) in [7, 11) is 0. The Kier molecular flexibility index (Phi) is 9.28. The molecule has 2 aromatic heterocycles. The zero-order valence-corrected chi connectivity index (χ0v) is 21.5. The lowest BCUT2D eigenvalue weighted by molar-refractivity contribution is -0.137. The van der Waals surface area contributed by atoms with Gasteiger partial charge < -0.3 is 15.0 Å². The largest absolute Gasteiger partial charge is 0.481 e. The lowest BCUT2D eigenvalue weighted by atomic mass is 9.96. The molecule has 0 spiro atoms. The SMILES string of the molecule is CCC(C)CC(CCC(=O)O)NC(=O)c1ccc2c(c1)nc(Cc1cccs1)n2C(CC)CC. The van der Waals surface area contributed by atoms with E-state index in [0.29, 0.717) is 23.9 Å². The maximum absolute atomic E-state index is 13.1. The van der Waals surface area contributed by atoms with Crippen LogP contribution in [0.5, 0.6) is 0 Å². The zero-order chi connectivity index (χ0) is 24.7. The van der Waals surface area contributed by atoms with Gasteiger partial charge in [-0.1, -0.05) is 40.2 Å². The molecule has 0 aliphatic heterocycles. The van der Waals surface area contributed by atoms with Gasteiger partial charge in [-0.2, -0.15) is 0 Å². The van der Waals surface area contributed by atoms with Crippen LogP contribution in [0.15, 0.2) is 35.7 Å². The molecule has 0 saturated heterocycles. The summed E-state index contributed by atoms with van der Waals surface area (Å²) in [5.74, 6) is 0.435. The highest BCUT2D eigenvalue weighted by Gasteiger charge is 2.21. The van der Waals surface area contributed by atoms with E-state index in [9.17, 15) is 9.59 Å². The van der Waals surface area contributed by atoms with Crippen molar-refractivity contribution in [1.82, 2.24) is 14.9 Å². The molecule has 6 nitrogen and oxygen atoms in total. The van der Waals surface area contributed by atoms with Gasteiger partial charge in [0.15, 0.2) is 0 Å². The first-order valence-corrected chi connectivity index (χ1v) is 13.3. The number of carbonyl (C=O) groups is 2. The highest BCUT2D eigenvalue weighted by Crippen LogP contribution is 2.28. The van der Waals surface area contributed by atoms with Crippen molar-refractivity contribution in [3.63, 3.8) is 0 Å². The predicted octanol–water partition coefficient (Wildman–Crippen LogP) is 6.45. The zero-order valence-electron chi connectivity index (χ0n) is 20.7. The fourth-order valence-corrected chi connectivity index (χ4v) is 5.21. The number of benzene rings is 1. The molecule has 7 heteroatoms. The number of nitrogens with zero attached hydrogens (tertiary/aromatic N) is 2. The summed E-state index contributed by atoms with van der Waals surface area (Å²) in [6.45, 7) is 8.64. The Labute approximate surface area is 206 Å². The third-order valence-corrected chi connectivity index (χ3v) is 7.55. The lowest BCUT2D eigenvalue weighted by Crippen LogP contribution is -2.36. The maximum Gasteiger partial charge on any atom is 0.303 e. The molecule has 0 aliphatic rings. The molecule has 2 atom stereocenters. The van der Waals surface area contributed by atoms with Crippen molar-refractivity contribution in [1.29, 1.82) is 0 Å². The molecule has 0 saturated carbocycles. The fourth-order valence-electron chi connectivity index (χ4n) is 4.51. The number of amides is 1. The van der Waals surface area contributed by atoms with Gasteiger partial charge in [0.25, 0.3) is 5.91 Å². The third kappa shape index (κ3) is 6.47. The second kappa shape index (κ2) is 12.2. The summed E-state index contributed by atoms with van der Waals surface area (Å²) < 4.78 is 2.34. The fraction of sp³-hybridized carbons (Fsp3) is 0.519. The highest BCUT2D eigenvalue weighted by molar-refractivity contribution is 7.09. The van der Waals surface area contributed by atoms with Crippen LogP contribution in [0.4, 0.5) is 0 Å². The summed E-state index contributed by atoms with van der Waals surface area (Å²) in [6.07, 6.45) is 5.05. The first-order valence-electron chi connectivity index (χ1n) is 12.4. The van der Waals surface area contributed by atoms with Crippen molar-refractivity contribution >= 4 is 34.2 Å². The van der Waals surface area contributed by atoms with Crippen LogP contribution < -0.4 is 5.32 Å². The maximum atomic E-state index is 13.1. The number of aromatic nitrogens is 2. The molecule has 2 heterocycles. The summed E-state index contributed by atoms with van der Waals surface area (Å²) in [6, 6.07) is 10.1. The molecule has 0 fully saturated rings. The second-order valence-electron chi connectivity index (χ2n) is 9.18. The van der Waals surface area contributed by atoms with E-state index in [1.165, 1.54) is 4.88 Å². The molecule has 0 radical (unpaired) electrons. The van der Waals surface area contributed by atoms with Crippen molar-refractivity contribution in [2.45, 2.75) is 84.7 Å². The number of fused-ring (bicyclic) bond motifs is 1. The van der Waals surface area contributed by atoms with Gasteiger partial charge in [-0.15, -0.1) is 11.3 Å². The Hall–Kier alpha value is -2.67. The molecule has 0 aliphatic carbocycles. The van der Waals surface area contributed by atoms with Crippen molar-refractivity contribution in [3.05, 3.63) is 52.0 Å². The molecule has 2 N–H and O–H groups in total. The topological polar surface area (TPSA) is 84.2 Å². The standard InChI is InChI=1S/C27H37N3O3S/c1-5-18(4)15-20(11-13-26(31)32)28-27(33)19-10-12-24-23(16-19)29-25(17-22-9-8-14-34-22)30(24)21(6-2)7-3/h8-10,12,14,16,18,20-21H,5-7,11,13,15,17H2,1-4H3,(H,28,33)(H,31,32). The van der Waals surface area contributed by atoms with E-state index in [4.69, 9.17) is 10.1 Å². The number of imidazole rings is 1. The quantitative estimate of drug-likeness (QED) is 0.293. The van der Waals surface area contributed by atoms with E-state index < -0.39 is 5.97 Å². The van der Waals surface area contributed by atoms with Crippen molar-refractivity contribution < 1.29 is 14.7 Å². The summed E-state index contributed by atoms with van der Waals surface area (Å²) >= 11 is 1.73. The molecular formula is C27H37N3O3S. The van der Waals surface area contributed by atoms with Gasteiger partial charge in [0.1, 0.15) is 5.82 Å². The number of carbonyl (C=O) groups excluding carboxylic acids is 1. The molecule has 0 bridgehead atoms. The summed E-state index contributed by atoms with van der Waals surface area (Å²) in [5.41, 5.74) is 2.45. The second-order valence-corrected chi connectivity index (χ2v) is 10.2. The predicted molar refractivity (Wildman–Crippen MR) is 139 cm³/mol. The van der Waals surface area contributed by atoms with E-state index >= 15 is 0 Å². The Balaban J connectivity index is 1.89. The first-order chi connectivity index (χ1) is 16.4. The monoisotopic (exact) mass is 483 g/mol. The number of carboxylic acid groups (broad SMARTS) is 1. The van der Waals surface area contributed by atoms with Gasteiger partial charge >= 0.3 is 5.97 Å². The van der Waals surface area contributed by atoms with E-state index in [1.807, 2.05) is 18.2 Å². The minimum Gasteiger partial charge on any atom is -0.481 e. The Morgan fingerprint density at radius 3 is 2.53 bits per heavy atom. The highest BCUT2D eigenvalue weighted by atomic mass is 32.1. The van der Waals surface area contributed by atoms with Crippen LogP contribution >= 0.6 is 11.3 Å². The van der Waals surface area contributed by atoms with Crippen LogP contribution in [0.2, 0.25) is 0 Å². The number of carboxylic acids is 1. The van der Waals surface area contributed by atoms with Crippen LogP contribution in [0, 0.1) is 5.92 Å². The molecule has 1 amide bonds. The van der Waals surface area contributed by atoms with Gasteiger partial charge in [-0.25, -0.2) is 4.98 Å². The molecule has 2 unspecified atom stereocenters. The van der Waals surface area contributed by atoms with Crippen LogP contribution in [-0.4, -0.2) is 32.6 Å². The molecule has 34 heavy (non-hydrogen) atoms. The van der Waals surface area contributed by atoms with Gasteiger partial charge in [-0.05, 0) is 61.2 Å².